The zero-order valence-corrected chi connectivity index (χ0v) is 12.1. The van der Waals surface area contributed by atoms with Crippen molar-refractivity contribution in [1.82, 2.24) is 15.3 Å². The van der Waals surface area contributed by atoms with Gasteiger partial charge in [-0.05, 0) is 37.3 Å². The van der Waals surface area contributed by atoms with Crippen molar-refractivity contribution in [2.75, 3.05) is 0 Å². The number of nitrogens with one attached hydrogen (secondary N) is 2. The molecule has 0 spiro atoms. The van der Waals surface area contributed by atoms with Gasteiger partial charge in [-0.15, -0.1) is 0 Å². The van der Waals surface area contributed by atoms with E-state index in [1.165, 1.54) is 0 Å². The van der Waals surface area contributed by atoms with Crippen LogP contribution in [0.2, 0.25) is 5.02 Å². The second-order valence-corrected chi connectivity index (χ2v) is 5.23. The summed E-state index contributed by atoms with van der Waals surface area (Å²) in [6, 6.07) is 8.64. The van der Waals surface area contributed by atoms with Gasteiger partial charge >= 0.3 is 0 Å². The third-order valence-electron chi connectivity index (χ3n) is 3.26. The van der Waals surface area contributed by atoms with E-state index in [4.69, 9.17) is 16.0 Å². The van der Waals surface area contributed by atoms with Crippen LogP contribution < -0.4 is 10.9 Å². The summed E-state index contributed by atoms with van der Waals surface area (Å²) in [5.41, 5.74) is 0.422. The number of fused-ring (bicyclic) bond motifs is 1. The SMILES string of the molecule is C[C@@H](NCc1ccco1)c1nc2cc(Cl)ccc2c(=O)[nH]1. The van der Waals surface area contributed by atoms with Crippen LogP contribution in [-0.4, -0.2) is 9.97 Å². The molecule has 0 aliphatic rings. The Morgan fingerprint density at radius 1 is 1.43 bits per heavy atom. The first-order chi connectivity index (χ1) is 10.1. The molecule has 3 aromatic rings. The van der Waals surface area contributed by atoms with Gasteiger partial charge in [-0.3, -0.25) is 4.79 Å². The lowest BCUT2D eigenvalue weighted by Gasteiger charge is -2.12. The number of benzene rings is 1. The van der Waals surface area contributed by atoms with Crippen molar-refractivity contribution in [3.8, 4) is 0 Å². The summed E-state index contributed by atoms with van der Waals surface area (Å²) < 4.78 is 5.26. The molecule has 108 valence electrons. The Labute approximate surface area is 126 Å². The van der Waals surface area contributed by atoms with Crippen LogP contribution in [0.1, 0.15) is 24.6 Å². The Morgan fingerprint density at radius 2 is 2.29 bits per heavy atom. The fourth-order valence-electron chi connectivity index (χ4n) is 2.10. The lowest BCUT2D eigenvalue weighted by atomic mass is 10.2. The molecule has 0 radical (unpaired) electrons. The van der Waals surface area contributed by atoms with E-state index >= 15 is 0 Å². The number of nitrogens with zero attached hydrogens (tertiary/aromatic N) is 1. The number of rotatable bonds is 4. The minimum absolute atomic E-state index is 0.119. The normalized spacial score (nSPS) is 12.7. The maximum atomic E-state index is 12.1. The Kier molecular flexibility index (Phi) is 3.77. The average molecular weight is 304 g/mol. The molecule has 2 aromatic heterocycles. The smallest absolute Gasteiger partial charge is 0.258 e. The summed E-state index contributed by atoms with van der Waals surface area (Å²) in [5, 5.41) is 4.34. The van der Waals surface area contributed by atoms with Crippen LogP contribution in [0.15, 0.2) is 45.8 Å². The predicted octanol–water partition coefficient (Wildman–Crippen LogP) is 3.02. The zero-order chi connectivity index (χ0) is 14.8. The third-order valence-corrected chi connectivity index (χ3v) is 3.49. The summed E-state index contributed by atoms with van der Waals surface area (Å²) in [5.74, 6) is 1.40. The molecule has 6 heteroatoms. The second-order valence-electron chi connectivity index (χ2n) is 4.79. The van der Waals surface area contributed by atoms with Crippen LogP contribution >= 0.6 is 11.6 Å². The van der Waals surface area contributed by atoms with Crippen molar-refractivity contribution in [3.63, 3.8) is 0 Å². The van der Waals surface area contributed by atoms with Gasteiger partial charge in [0.05, 0.1) is 29.8 Å². The summed E-state index contributed by atoms with van der Waals surface area (Å²) in [4.78, 5) is 19.3. The molecular weight excluding hydrogens is 290 g/mol. The van der Waals surface area contributed by atoms with Gasteiger partial charge in [0.25, 0.3) is 5.56 Å². The van der Waals surface area contributed by atoms with E-state index in [1.54, 1.807) is 24.5 Å². The van der Waals surface area contributed by atoms with Crippen molar-refractivity contribution >= 4 is 22.5 Å². The van der Waals surface area contributed by atoms with Gasteiger partial charge in [-0.1, -0.05) is 11.6 Å². The monoisotopic (exact) mass is 303 g/mol. The molecule has 0 unspecified atom stereocenters. The molecule has 2 N–H and O–H groups in total. The van der Waals surface area contributed by atoms with E-state index in [1.807, 2.05) is 19.1 Å². The maximum Gasteiger partial charge on any atom is 0.258 e. The van der Waals surface area contributed by atoms with Crippen LogP contribution in [-0.2, 0) is 6.54 Å². The molecule has 0 saturated heterocycles. The van der Waals surface area contributed by atoms with Crippen molar-refractivity contribution < 1.29 is 4.42 Å². The van der Waals surface area contributed by atoms with Gasteiger partial charge in [-0.2, -0.15) is 0 Å². The van der Waals surface area contributed by atoms with Gasteiger partial charge < -0.3 is 14.7 Å². The summed E-state index contributed by atoms with van der Waals surface area (Å²) >= 11 is 5.95. The molecule has 1 aromatic carbocycles. The number of H-pyrrole nitrogens is 1. The van der Waals surface area contributed by atoms with E-state index in [-0.39, 0.29) is 11.6 Å². The van der Waals surface area contributed by atoms with E-state index < -0.39 is 0 Å². The van der Waals surface area contributed by atoms with Crippen molar-refractivity contribution in [3.05, 3.63) is 63.6 Å². The topological polar surface area (TPSA) is 70.9 Å². The highest BCUT2D eigenvalue weighted by atomic mass is 35.5. The molecular formula is C15H14ClN3O2. The minimum Gasteiger partial charge on any atom is -0.468 e. The highest BCUT2D eigenvalue weighted by Crippen LogP contribution is 2.16. The molecule has 21 heavy (non-hydrogen) atoms. The number of aromatic amines is 1. The number of furan rings is 1. The van der Waals surface area contributed by atoms with Crippen molar-refractivity contribution in [2.24, 2.45) is 0 Å². The number of aromatic nitrogens is 2. The van der Waals surface area contributed by atoms with E-state index in [9.17, 15) is 4.79 Å². The molecule has 2 heterocycles. The Hall–Kier alpha value is -2.11. The van der Waals surface area contributed by atoms with Crippen molar-refractivity contribution in [1.29, 1.82) is 0 Å². The van der Waals surface area contributed by atoms with Crippen LogP contribution in [0, 0.1) is 0 Å². The Bertz CT molecular complexity index is 811. The Balaban J connectivity index is 1.87. The molecule has 0 aliphatic carbocycles. The van der Waals surface area contributed by atoms with Crippen LogP contribution in [0.4, 0.5) is 0 Å². The standard InChI is InChI=1S/C15H14ClN3O2/c1-9(17-8-11-3-2-6-21-11)14-18-13-7-10(16)4-5-12(13)15(20)19-14/h2-7,9,17H,8H2,1H3,(H,18,19,20)/t9-/m1/s1. The molecule has 5 nitrogen and oxygen atoms in total. The lowest BCUT2D eigenvalue weighted by molar-refractivity contribution is 0.453. The molecule has 3 rings (SSSR count). The maximum absolute atomic E-state index is 12.1. The number of halogens is 1. The van der Waals surface area contributed by atoms with Gasteiger partial charge in [0.15, 0.2) is 0 Å². The average Bonchev–Trinajstić information content (AvgIpc) is 2.97. The molecule has 0 fully saturated rings. The number of hydrogen-bond donors (Lipinski definition) is 2. The van der Waals surface area contributed by atoms with Crippen LogP contribution in [0.5, 0.6) is 0 Å². The summed E-state index contributed by atoms with van der Waals surface area (Å²) in [6.45, 7) is 2.49. The van der Waals surface area contributed by atoms with Gasteiger partial charge in [-0.25, -0.2) is 4.98 Å². The van der Waals surface area contributed by atoms with Gasteiger partial charge in [0, 0.05) is 5.02 Å². The van der Waals surface area contributed by atoms with Crippen LogP contribution in [0.25, 0.3) is 10.9 Å². The molecule has 0 amide bonds. The quantitative estimate of drug-likeness (QED) is 0.777. The highest BCUT2D eigenvalue weighted by molar-refractivity contribution is 6.31. The summed E-state index contributed by atoms with van der Waals surface area (Å²) in [7, 11) is 0. The first-order valence-corrected chi connectivity index (χ1v) is 6.96. The van der Waals surface area contributed by atoms with E-state index in [0.717, 1.165) is 5.76 Å². The largest absolute Gasteiger partial charge is 0.468 e. The molecule has 1 atom stereocenters. The summed E-state index contributed by atoms with van der Waals surface area (Å²) in [6.07, 6.45) is 1.62. The van der Waals surface area contributed by atoms with E-state index in [0.29, 0.717) is 28.3 Å². The predicted molar refractivity (Wildman–Crippen MR) is 81.3 cm³/mol. The minimum atomic E-state index is -0.168. The van der Waals surface area contributed by atoms with Gasteiger partial charge in [0.1, 0.15) is 11.6 Å². The Morgan fingerprint density at radius 3 is 3.05 bits per heavy atom. The number of hydrogen-bond acceptors (Lipinski definition) is 4. The second kappa shape index (κ2) is 5.71. The van der Waals surface area contributed by atoms with Crippen molar-refractivity contribution in [2.45, 2.75) is 19.5 Å². The fraction of sp³-hybridized carbons (Fsp3) is 0.200. The molecule has 0 aliphatic heterocycles. The van der Waals surface area contributed by atoms with Gasteiger partial charge in [0.2, 0.25) is 0 Å². The molecule has 0 bridgehead atoms. The first kappa shape index (κ1) is 13.9. The zero-order valence-electron chi connectivity index (χ0n) is 11.4. The van der Waals surface area contributed by atoms with Crippen LogP contribution in [0.3, 0.4) is 0 Å². The highest BCUT2D eigenvalue weighted by Gasteiger charge is 2.11. The third kappa shape index (κ3) is 2.99. The fourth-order valence-corrected chi connectivity index (χ4v) is 2.27. The first-order valence-electron chi connectivity index (χ1n) is 6.59. The molecule has 0 saturated carbocycles. The lowest BCUT2D eigenvalue weighted by Crippen LogP contribution is -2.23. The van der Waals surface area contributed by atoms with E-state index in [2.05, 4.69) is 15.3 Å².